The summed E-state index contributed by atoms with van der Waals surface area (Å²) >= 11 is 0. The summed E-state index contributed by atoms with van der Waals surface area (Å²) in [6, 6.07) is 8.01. The van der Waals surface area contributed by atoms with Gasteiger partial charge in [0.2, 0.25) is 0 Å². The van der Waals surface area contributed by atoms with Gasteiger partial charge in [-0.3, -0.25) is 4.79 Å². The number of aromatic amines is 1. The predicted molar refractivity (Wildman–Crippen MR) is 58.5 cm³/mol. The molecule has 4 nitrogen and oxygen atoms in total. The number of hydrogen-bond donors (Lipinski definition) is 1. The Kier molecular flexibility index (Phi) is 3.85. The van der Waals surface area contributed by atoms with E-state index in [4.69, 9.17) is 0 Å². The summed E-state index contributed by atoms with van der Waals surface area (Å²) in [4.78, 5) is 17.0. The summed E-state index contributed by atoms with van der Waals surface area (Å²) in [6.45, 7) is 3.32. The number of esters is 1. The van der Waals surface area contributed by atoms with Crippen molar-refractivity contribution in [1.82, 2.24) is 9.97 Å². The maximum atomic E-state index is 9.59. The summed E-state index contributed by atoms with van der Waals surface area (Å²) in [5, 5.41) is 0. The third-order valence-corrected chi connectivity index (χ3v) is 1.80. The fourth-order valence-corrected chi connectivity index (χ4v) is 1.08. The summed E-state index contributed by atoms with van der Waals surface area (Å²) < 4.78 is 4.11. The number of nitrogens with zero attached hydrogens (tertiary/aromatic N) is 1. The number of hydrogen-bond acceptors (Lipinski definition) is 3. The van der Waals surface area contributed by atoms with E-state index in [1.54, 1.807) is 0 Å². The Morgan fingerprint density at radius 1 is 1.40 bits per heavy atom. The molecule has 0 aliphatic rings. The molecule has 1 N–H and O–H groups in total. The molecule has 0 radical (unpaired) electrons. The molecule has 0 unspecified atom stereocenters. The molecule has 0 fully saturated rings. The third kappa shape index (κ3) is 3.42. The highest BCUT2D eigenvalue weighted by Crippen LogP contribution is 2.08. The highest BCUT2D eigenvalue weighted by molar-refractivity contribution is 5.74. The zero-order valence-corrected chi connectivity index (χ0v) is 9.07. The molecule has 0 spiro atoms. The molecule has 1 aromatic carbocycles. The van der Waals surface area contributed by atoms with Crippen LogP contribution in [0.2, 0.25) is 0 Å². The largest absolute Gasteiger partial charge is 0.469 e. The van der Waals surface area contributed by atoms with Crippen LogP contribution in [0.1, 0.15) is 12.7 Å². The molecule has 2 rings (SSSR count). The van der Waals surface area contributed by atoms with Crippen molar-refractivity contribution >= 4 is 17.0 Å². The Balaban J connectivity index is 0.000000195. The van der Waals surface area contributed by atoms with Gasteiger partial charge in [-0.25, -0.2) is 4.98 Å². The number of benzene rings is 1. The molecule has 0 aliphatic carbocycles. The highest BCUT2D eigenvalue weighted by atomic mass is 16.5. The number of aryl methyl sites for hydroxylation is 1. The van der Waals surface area contributed by atoms with E-state index in [-0.39, 0.29) is 5.97 Å². The SMILES string of the molecule is COC(C)=O.Cc1nc2ccccc2[nH]1. The van der Waals surface area contributed by atoms with Gasteiger partial charge in [0.15, 0.2) is 0 Å². The normalized spacial score (nSPS) is 9.27. The van der Waals surface area contributed by atoms with Crippen LogP contribution in [0.15, 0.2) is 24.3 Å². The van der Waals surface area contributed by atoms with Crippen LogP contribution in [0, 0.1) is 6.92 Å². The van der Waals surface area contributed by atoms with Gasteiger partial charge in [-0.1, -0.05) is 12.1 Å². The Morgan fingerprint density at radius 2 is 2.00 bits per heavy atom. The average Bonchev–Trinajstić information content (AvgIpc) is 2.58. The Morgan fingerprint density at radius 3 is 2.53 bits per heavy atom. The van der Waals surface area contributed by atoms with E-state index in [0.29, 0.717) is 0 Å². The van der Waals surface area contributed by atoms with E-state index in [0.717, 1.165) is 16.9 Å². The number of imidazole rings is 1. The van der Waals surface area contributed by atoms with Gasteiger partial charge < -0.3 is 9.72 Å². The minimum Gasteiger partial charge on any atom is -0.469 e. The first-order valence-corrected chi connectivity index (χ1v) is 4.59. The van der Waals surface area contributed by atoms with E-state index in [1.807, 2.05) is 31.2 Å². The molecule has 1 aromatic heterocycles. The first-order valence-electron chi connectivity index (χ1n) is 4.59. The quantitative estimate of drug-likeness (QED) is 0.671. The van der Waals surface area contributed by atoms with Gasteiger partial charge in [-0.05, 0) is 19.1 Å². The van der Waals surface area contributed by atoms with Crippen LogP contribution >= 0.6 is 0 Å². The van der Waals surface area contributed by atoms with Crippen LogP contribution in [-0.2, 0) is 9.53 Å². The lowest BCUT2D eigenvalue weighted by Gasteiger charge is -1.81. The van der Waals surface area contributed by atoms with Crippen LogP contribution in [0.4, 0.5) is 0 Å². The number of ether oxygens (including phenoxy) is 1. The monoisotopic (exact) mass is 206 g/mol. The zero-order valence-electron chi connectivity index (χ0n) is 9.07. The highest BCUT2D eigenvalue weighted by Gasteiger charge is 1.93. The van der Waals surface area contributed by atoms with E-state index >= 15 is 0 Å². The molecule has 4 heteroatoms. The molecule has 0 atom stereocenters. The van der Waals surface area contributed by atoms with Crippen molar-refractivity contribution < 1.29 is 9.53 Å². The van der Waals surface area contributed by atoms with Crippen LogP contribution in [0.3, 0.4) is 0 Å². The lowest BCUT2D eigenvalue weighted by Crippen LogP contribution is -1.88. The number of carbonyl (C=O) groups is 1. The minimum absolute atomic E-state index is 0.245. The van der Waals surface area contributed by atoms with Crippen molar-refractivity contribution in [2.45, 2.75) is 13.8 Å². The first kappa shape index (κ1) is 11.2. The van der Waals surface area contributed by atoms with Gasteiger partial charge in [0, 0.05) is 6.92 Å². The summed E-state index contributed by atoms with van der Waals surface area (Å²) in [6.07, 6.45) is 0. The molecule has 80 valence electrons. The van der Waals surface area contributed by atoms with Crippen molar-refractivity contribution in [2.75, 3.05) is 7.11 Å². The Bertz CT molecular complexity index is 416. The summed E-state index contributed by atoms with van der Waals surface area (Å²) in [7, 11) is 1.35. The van der Waals surface area contributed by atoms with Crippen molar-refractivity contribution in [1.29, 1.82) is 0 Å². The van der Waals surface area contributed by atoms with Crippen LogP contribution in [0.5, 0.6) is 0 Å². The molecule has 0 saturated carbocycles. The van der Waals surface area contributed by atoms with Crippen molar-refractivity contribution in [3.63, 3.8) is 0 Å². The molecule has 0 amide bonds. The minimum atomic E-state index is -0.245. The maximum absolute atomic E-state index is 9.59. The van der Waals surface area contributed by atoms with Crippen LogP contribution in [0.25, 0.3) is 11.0 Å². The second-order valence-electron chi connectivity index (χ2n) is 3.04. The van der Waals surface area contributed by atoms with Crippen LogP contribution < -0.4 is 0 Å². The second-order valence-corrected chi connectivity index (χ2v) is 3.04. The van der Waals surface area contributed by atoms with Gasteiger partial charge in [0.05, 0.1) is 18.1 Å². The molecule has 15 heavy (non-hydrogen) atoms. The second kappa shape index (κ2) is 5.14. The number of methoxy groups -OCH3 is 1. The molecule has 0 aliphatic heterocycles. The molecular weight excluding hydrogens is 192 g/mol. The van der Waals surface area contributed by atoms with Crippen LogP contribution in [-0.4, -0.2) is 23.0 Å². The number of aromatic nitrogens is 2. The van der Waals surface area contributed by atoms with Crippen molar-refractivity contribution in [3.8, 4) is 0 Å². The number of para-hydroxylation sites is 2. The average molecular weight is 206 g/mol. The number of nitrogens with one attached hydrogen (secondary N) is 1. The molecule has 0 saturated heterocycles. The van der Waals surface area contributed by atoms with Crippen molar-refractivity contribution in [2.24, 2.45) is 0 Å². The lowest BCUT2D eigenvalue weighted by molar-refractivity contribution is -0.137. The Hall–Kier alpha value is -1.84. The molecule has 1 heterocycles. The number of rotatable bonds is 0. The first-order chi connectivity index (χ1) is 7.13. The van der Waals surface area contributed by atoms with E-state index in [1.165, 1.54) is 14.0 Å². The van der Waals surface area contributed by atoms with E-state index in [2.05, 4.69) is 14.7 Å². The fraction of sp³-hybridized carbons (Fsp3) is 0.273. The lowest BCUT2D eigenvalue weighted by atomic mass is 10.3. The zero-order chi connectivity index (χ0) is 11.3. The summed E-state index contributed by atoms with van der Waals surface area (Å²) in [5.74, 6) is 0.728. The maximum Gasteiger partial charge on any atom is 0.302 e. The molecule has 2 aromatic rings. The van der Waals surface area contributed by atoms with Gasteiger partial charge in [0.25, 0.3) is 0 Å². The molecule has 0 bridgehead atoms. The fourth-order valence-electron chi connectivity index (χ4n) is 1.08. The van der Waals surface area contributed by atoms with E-state index in [9.17, 15) is 4.79 Å². The van der Waals surface area contributed by atoms with E-state index < -0.39 is 0 Å². The number of H-pyrrole nitrogens is 1. The van der Waals surface area contributed by atoms with Gasteiger partial charge in [-0.15, -0.1) is 0 Å². The van der Waals surface area contributed by atoms with Crippen molar-refractivity contribution in [3.05, 3.63) is 30.1 Å². The van der Waals surface area contributed by atoms with Gasteiger partial charge in [0.1, 0.15) is 5.82 Å². The topological polar surface area (TPSA) is 55.0 Å². The standard InChI is InChI=1S/C8H8N2.C3H6O2/c1-6-9-7-4-2-3-5-8(7)10-6;1-3(4)5-2/h2-5H,1H3,(H,9,10);1-2H3. The molecular formula is C11H14N2O2. The summed E-state index contributed by atoms with van der Waals surface area (Å²) in [5.41, 5.74) is 2.15. The smallest absolute Gasteiger partial charge is 0.302 e. The third-order valence-electron chi connectivity index (χ3n) is 1.80. The number of carbonyl (C=O) groups excluding carboxylic acids is 1. The number of fused-ring (bicyclic) bond motifs is 1. The van der Waals surface area contributed by atoms with Gasteiger partial charge >= 0.3 is 5.97 Å². The predicted octanol–water partition coefficient (Wildman–Crippen LogP) is 2.05. The Labute approximate surface area is 88.3 Å². The van der Waals surface area contributed by atoms with Gasteiger partial charge in [-0.2, -0.15) is 0 Å².